The van der Waals surface area contributed by atoms with E-state index in [4.69, 9.17) is 0 Å². The van der Waals surface area contributed by atoms with Gasteiger partial charge in [0.15, 0.2) is 0 Å². The molecule has 1 rings (SSSR count). The first kappa shape index (κ1) is 15.5. The zero-order valence-corrected chi connectivity index (χ0v) is 12.2. The van der Waals surface area contributed by atoms with Crippen molar-refractivity contribution < 1.29 is 4.79 Å². The molecule has 1 amide bonds. The van der Waals surface area contributed by atoms with Crippen LogP contribution in [0.3, 0.4) is 0 Å². The smallest absolute Gasteiger partial charge is 0.251 e. The van der Waals surface area contributed by atoms with Crippen LogP contribution in [0.2, 0.25) is 0 Å². The van der Waals surface area contributed by atoms with Crippen molar-refractivity contribution >= 4 is 11.7 Å². The van der Waals surface area contributed by atoms with E-state index in [1.54, 1.807) is 18.3 Å². The number of nitrogens with one attached hydrogen (secondary N) is 2. The summed E-state index contributed by atoms with van der Waals surface area (Å²) in [6.45, 7) is 7.16. The van der Waals surface area contributed by atoms with Crippen LogP contribution in [-0.4, -0.2) is 23.5 Å². The Hall–Kier alpha value is -1.58. The van der Waals surface area contributed by atoms with E-state index < -0.39 is 0 Å². The van der Waals surface area contributed by atoms with E-state index in [9.17, 15) is 4.79 Å². The maximum absolute atomic E-state index is 12.1. The van der Waals surface area contributed by atoms with Crippen LogP contribution in [0.25, 0.3) is 0 Å². The van der Waals surface area contributed by atoms with E-state index in [0.717, 1.165) is 38.0 Å². The molecule has 0 aromatic carbocycles. The fourth-order valence-electron chi connectivity index (χ4n) is 1.81. The molecule has 0 aliphatic carbocycles. The molecule has 0 bridgehead atoms. The second-order valence-electron chi connectivity index (χ2n) is 4.87. The molecule has 19 heavy (non-hydrogen) atoms. The lowest BCUT2D eigenvalue weighted by molar-refractivity contribution is 0.0938. The van der Waals surface area contributed by atoms with Crippen LogP contribution in [0.1, 0.15) is 56.8 Å². The predicted octanol–water partition coefficient (Wildman–Crippen LogP) is 3.21. The van der Waals surface area contributed by atoms with E-state index in [1.165, 1.54) is 0 Å². The van der Waals surface area contributed by atoms with E-state index >= 15 is 0 Å². The molecule has 106 valence electrons. The van der Waals surface area contributed by atoms with Crippen molar-refractivity contribution in [2.45, 2.75) is 52.5 Å². The highest BCUT2D eigenvalue weighted by atomic mass is 16.1. The van der Waals surface area contributed by atoms with Gasteiger partial charge in [-0.2, -0.15) is 0 Å². The van der Waals surface area contributed by atoms with E-state index in [2.05, 4.69) is 29.5 Å². The van der Waals surface area contributed by atoms with Crippen LogP contribution in [0, 0.1) is 0 Å². The summed E-state index contributed by atoms with van der Waals surface area (Å²) in [4.78, 5) is 16.3. The van der Waals surface area contributed by atoms with Gasteiger partial charge in [0, 0.05) is 24.3 Å². The number of hydrogen-bond acceptors (Lipinski definition) is 3. The molecule has 1 atom stereocenters. The predicted molar refractivity (Wildman–Crippen MR) is 79.5 cm³/mol. The highest BCUT2D eigenvalue weighted by molar-refractivity contribution is 5.94. The third kappa shape index (κ3) is 5.73. The fraction of sp³-hybridized carbons (Fsp3) is 0.600. The monoisotopic (exact) mass is 263 g/mol. The molecule has 1 aromatic heterocycles. The molecule has 0 aliphatic rings. The zero-order valence-electron chi connectivity index (χ0n) is 12.2. The Morgan fingerprint density at radius 3 is 2.84 bits per heavy atom. The van der Waals surface area contributed by atoms with Gasteiger partial charge in [0.25, 0.3) is 5.91 Å². The molecular weight excluding hydrogens is 238 g/mol. The summed E-state index contributed by atoms with van der Waals surface area (Å²) >= 11 is 0. The molecule has 0 aliphatic heterocycles. The molecule has 0 radical (unpaired) electrons. The number of carbonyl (C=O) groups is 1. The van der Waals surface area contributed by atoms with Gasteiger partial charge in [-0.1, -0.05) is 26.7 Å². The van der Waals surface area contributed by atoms with Crippen LogP contribution in [0.5, 0.6) is 0 Å². The minimum atomic E-state index is -0.0226. The summed E-state index contributed by atoms with van der Waals surface area (Å²) in [6.07, 6.45) is 6.02. The molecule has 1 unspecified atom stereocenters. The van der Waals surface area contributed by atoms with Crippen LogP contribution in [0.4, 0.5) is 5.82 Å². The minimum absolute atomic E-state index is 0.0226. The summed E-state index contributed by atoms with van der Waals surface area (Å²) in [5.74, 6) is 0.737. The quantitative estimate of drug-likeness (QED) is 0.757. The van der Waals surface area contributed by atoms with Crippen molar-refractivity contribution in [1.82, 2.24) is 10.3 Å². The average Bonchev–Trinajstić information content (AvgIpc) is 2.43. The number of rotatable bonds is 8. The third-order valence-electron chi connectivity index (χ3n) is 2.95. The van der Waals surface area contributed by atoms with Crippen molar-refractivity contribution in [2.75, 3.05) is 11.9 Å². The largest absolute Gasteiger partial charge is 0.370 e. The number of carbonyl (C=O) groups excluding carboxylic acids is 1. The summed E-state index contributed by atoms with van der Waals surface area (Å²) < 4.78 is 0. The Morgan fingerprint density at radius 2 is 2.16 bits per heavy atom. The van der Waals surface area contributed by atoms with E-state index in [0.29, 0.717) is 5.56 Å². The highest BCUT2D eigenvalue weighted by Gasteiger charge is 2.10. The minimum Gasteiger partial charge on any atom is -0.370 e. The number of pyridine rings is 1. The van der Waals surface area contributed by atoms with Crippen molar-refractivity contribution in [2.24, 2.45) is 0 Å². The maximum Gasteiger partial charge on any atom is 0.251 e. The standard InChI is InChI=1S/C15H25N3O/c1-4-6-7-12(3)18-15(19)13-8-10-17-14(11-13)16-9-5-2/h8,10-12H,4-7,9H2,1-3H3,(H,16,17)(H,18,19). The lowest BCUT2D eigenvalue weighted by Gasteiger charge is -2.13. The molecule has 0 fully saturated rings. The number of anilines is 1. The van der Waals surface area contributed by atoms with Crippen molar-refractivity contribution in [3.05, 3.63) is 23.9 Å². The van der Waals surface area contributed by atoms with Crippen LogP contribution >= 0.6 is 0 Å². The molecular formula is C15H25N3O. The zero-order chi connectivity index (χ0) is 14.1. The second kappa shape index (κ2) is 8.51. The summed E-state index contributed by atoms with van der Waals surface area (Å²) in [7, 11) is 0. The maximum atomic E-state index is 12.1. The van der Waals surface area contributed by atoms with Gasteiger partial charge in [-0.25, -0.2) is 4.98 Å². The first-order valence-electron chi connectivity index (χ1n) is 7.18. The van der Waals surface area contributed by atoms with Crippen molar-refractivity contribution in [3.63, 3.8) is 0 Å². The third-order valence-corrected chi connectivity index (χ3v) is 2.95. The van der Waals surface area contributed by atoms with Gasteiger partial charge < -0.3 is 10.6 Å². The Balaban J connectivity index is 2.56. The normalized spacial score (nSPS) is 11.9. The lowest BCUT2D eigenvalue weighted by Crippen LogP contribution is -2.32. The van der Waals surface area contributed by atoms with E-state index in [1.807, 2.05) is 6.92 Å². The Labute approximate surface area is 116 Å². The summed E-state index contributed by atoms with van der Waals surface area (Å²) in [6, 6.07) is 3.77. The van der Waals surface area contributed by atoms with Gasteiger partial charge in [0.2, 0.25) is 0 Å². The molecule has 1 heterocycles. The van der Waals surface area contributed by atoms with Gasteiger partial charge in [-0.05, 0) is 31.9 Å². The first-order chi connectivity index (χ1) is 9.17. The summed E-state index contributed by atoms with van der Waals surface area (Å²) in [5, 5.41) is 6.21. The van der Waals surface area contributed by atoms with Gasteiger partial charge in [-0.3, -0.25) is 4.79 Å². The van der Waals surface area contributed by atoms with Crippen molar-refractivity contribution in [3.8, 4) is 0 Å². The summed E-state index contributed by atoms with van der Waals surface area (Å²) in [5.41, 5.74) is 0.664. The molecule has 1 aromatic rings. The highest BCUT2D eigenvalue weighted by Crippen LogP contribution is 2.08. The molecule has 4 nitrogen and oxygen atoms in total. The molecule has 0 saturated heterocycles. The second-order valence-corrected chi connectivity index (χ2v) is 4.87. The molecule has 0 saturated carbocycles. The van der Waals surface area contributed by atoms with Gasteiger partial charge in [0.1, 0.15) is 5.82 Å². The first-order valence-corrected chi connectivity index (χ1v) is 7.18. The number of unbranched alkanes of at least 4 members (excludes halogenated alkanes) is 1. The average molecular weight is 263 g/mol. The number of hydrogen-bond donors (Lipinski definition) is 2. The molecule has 2 N–H and O–H groups in total. The number of amides is 1. The Morgan fingerprint density at radius 1 is 1.37 bits per heavy atom. The lowest BCUT2D eigenvalue weighted by atomic mass is 10.1. The van der Waals surface area contributed by atoms with Crippen LogP contribution < -0.4 is 10.6 Å². The molecule has 4 heteroatoms. The van der Waals surface area contributed by atoms with Gasteiger partial charge in [0.05, 0.1) is 0 Å². The van der Waals surface area contributed by atoms with Crippen molar-refractivity contribution in [1.29, 1.82) is 0 Å². The fourth-order valence-corrected chi connectivity index (χ4v) is 1.81. The van der Waals surface area contributed by atoms with Gasteiger partial charge in [-0.15, -0.1) is 0 Å². The van der Waals surface area contributed by atoms with Crippen LogP contribution in [0.15, 0.2) is 18.3 Å². The Bertz CT molecular complexity index is 393. The Kier molecular flexibility index (Phi) is 6.93. The van der Waals surface area contributed by atoms with Gasteiger partial charge >= 0.3 is 0 Å². The molecule has 0 spiro atoms. The van der Waals surface area contributed by atoms with Crippen LogP contribution in [-0.2, 0) is 0 Å². The van der Waals surface area contributed by atoms with E-state index in [-0.39, 0.29) is 11.9 Å². The number of aromatic nitrogens is 1. The SMILES string of the molecule is CCCCC(C)NC(=O)c1ccnc(NCCC)c1. The topological polar surface area (TPSA) is 54.0 Å². The number of nitrogens with zero attached hydrogens (tertiary/aromatic N) is 1.